The summed E-state index contributed by atoms with van der Waals surface area (Å²) in [5.41, 5.74) is 0.865. The van der Waals surface area contributed by atoms with Gasteiger partial charge in [0.2, 0.25) is 5.91 Å². The third-order valence-corrected chi connectivity index (χ3v) is 4.41. The predicted octanol–water partition coefficient (Wildman–Crippen LogP) is 0.783. The minimum absolute atomic E-state index is 0.292. The number of piperazine rings is 1. The molecule has 0 aliphatic carbocycles. The van der Waals surface area contributed by atoms with E-state index in [-0.39, 0.29) is 5.54 Å². The molecule has 3 rings (SSSR count). The second-order valence-corrected chi connectivity index (χ2v) is 5.82. The summed E-state index contributed by atoms with van der Waals surface area (Å²) in [6.07, 6.45) is 2.84. The smallest absolute Gasteiger partial charge is 0.243 e. The molecule has 0 bridgehead atoms. The van der Waals surface area contributed by atoms with Gasteiger partial charge < -0.3 is 15.5 Å². The van der Waals surface area contributed by atoms with E-state index in [9.17, 15) is 4.79 Å². The molecule has 2 heterocycles. The van der Waals surface area contributed by atoms with Gasteiger partial charge in [-0.05, 0) is 31.4 Å². The van der Waals surface area contributed by atoms with Gasteiger partial charge in [0, 0.05) is 26.2 Å². The highest BCUT2D eigenvalue weighted by Crippen LogP contribution is 2.26. The van der Waals surface area contributed by atoms with E-state index in [0.29, 0.717) is 5.91 Å². The predicted molar refractivity (Wildman–Crippen MR) is 79.6 cm³/mol. The summed E-state index contributed by atoms with van der Waals surface area (Å²) in [5, 5.41) is 6.81. The maximum atomic E-state index is 13.0. The Balaban J connectivity index is 1.78. The Morgan fingerprint density at radius 2 is 1.90 bits per heavy atom. The second-order valence-electron chi connectivity index (χ2n) is 5.82. The number of benzene rings is 1. The lowest BCUT2D eigenvalue weighted by molar-refractivity contribution is -0.138. The van der Waals surface area contributed by atoms with Gasteiger partial charge in [-0.2, -0.15) is 0 Å². The van der Waals surface area contributed by atoms with E-state index in [2.05, 4.69) is 22.8 Å². The molecule has 1 unspecified atom stereocenters. The quantitative estimate of drug-likeness (QED) is 0.855. The maximum absolute atomic E-state index is 13.0. The number of rotatable bonds is 3. The third kappa shape index (κ3) is 2.72. The molecule has 2 N–H and O–H groups in total. The standard InChI is InChI=1S/C16H23N3O/c20-15(19-11-9-17-10-12-19)16(7-4-8-18-16)13-14-5-2-1-3-6-14/h1-3,5-6,17-18H,4,7-13H2. The number of amides is 1. The molecule has 2 aliphatic rings. The van der Waals surface area contributed by atoms with E-state index >= 15 is 0 Å². The second kappa shape index (κ2) is 5.94. The number of carbonyl (C=O) groups excluding carboxylic acids is 1. The summed E-state index contributed by atoms with van der Waals surface area (Å²) in [7, 11) is 0. The topological polar surface area (TPSA) is 44.4 Å². The van der Waals surface area contributed by atoms with Crippen molar-refractivity contribution in [3.63, 3.8) is 0 Å². The van der Waals surface area contributed by atoms with Crippen LogP contribution in [0.4, 0.5) is 0 Å². The Morgan fingerprint density at radius 1 is 1.15 bits per heavy atom. The molecule has 2 saturated heterocycles. The number of hydrogen-bond donors (Lipinski definition) is 2. The summed E-state index contributed by atoms with van der Waals surface area (Å²) >= 11 is 0. The van der Waals surface area contributed by atoms with Gasteiger partial charge >= 0.3 is 0 Å². The van der Waals surface area contributed by atoms with Gasteiger partial charge in [-0.25, -0.2) is 0 Å². The average Bonchev–Trinajstić information content (AvgIpc) is 2.98. The van der Waals surface area contributed by atoms with Crippen molar-refractivity contribution in [2.75, 3.05) is 32.7 Å². The van der Waals surface area contributed by atoms with E-state index in [4.69, 9.17) is 0 Å². The van der Waals surface area contributed by atoms with Crippen molar-refractivity contribution in [3.8, 4) is 0 Å². The van der Waals surface area contributed by atoms with Crippen LogP contribution in [0.25, 0.3) is 0 Å². The molecule has 20 heavy (non-hydrogen) atoms. The van der Waals surface area contributed by atoms with Gasteiger partial charge in [-0.3, -0.25) is 4.79 Å². The molecule has 4 nitrogen and oxygen atoms in total. The molecule has 1 aromatic rings. The fourth-order valence-electron chi connectivity index (χ4n) is 3.33. The summed E-state index contributed by atoms with van der Waals surface area (Å²) in [6.45, 7) is 4.43. The van der Waals surface area contributed by atoms with Crippen molar-refractivity contribution in [2.45, 2.75) is 24.8 Å². The minimum Gasteiger partial charge on any atom is -0.339 e. The Hall–Kier alpha value is -1.39. The number of nitrogens with one attached hydrogen (secondary N) is 2. The molecule has 1 atom stereocenters. The van der Waals surface area contributed by atoms with E-state index in [1.54, 1.807) is 0 Å². The molecule has 1 amide bonds. The van der Waals surface area contributed by atoms with Crippen LogP contribution in [0.15, 0.2) is 30.3 Å². The molecular formula is C16H23N3O. The van der Waals surface area contributed by atoms with E-state index in [1.807, 2.05) is 23.1 Å². The first-order chi connectivity index (χ1) is 9.80. The average molecular weight is 273 g/mol. The van der Waals surface area contributed by atoms with Crippen LogP contribution in [-0.4, -0.2) is 49.1 Å². The largest absolute Gasteiger partial charge is 0.339 e. The van der Waals surface area contributed by atoms with Crippen LogP contribution in [-0.2, 0) is 11.2 Å². The first-order valence-corrected chi connectivity index (χ1v) is 7.59. The first kappa shape index (κ1) is 13.6. The third-order valence-electron chi connectivity index (χ3n) is 4.41. The molecule has 1 aromatic carbocycles. The van der Waals surface area contributed by atoms with Crippen molar-refractivity contribution < 1.29 is 4.79 Å². The molecule has 0 radical (unpaired) electrons. The fraction of sp³-hybridized carbons (Fsp3) is 0.562. The van der Waals surface area contributed by atoms with E-state index in [1.165, 1.54) is 5.56 Å². The number of carbonyl (C=O) groups is 1. The summed E-state index contributed by atoms with van der Waals surface area (Å²) < 4.78 is 0. The maximum Gasteiger partial charge on any atom is 0.243 e. The van der Waals surface area contributed by atoms with Crippen LogP contribution in [0.5, 0.6) is 0 Å². The minimum atomic E-state index is -0.376. The van der Waals surface area contributed by atoms with Gasteiger partial charge in [0.05, 0.1) is 0 Å². The van der Waals surface area contributed by atoms with Crippen molar-refractivity contribution in [2.24, 2.45) is 0 Å². The lowest BCUT2D eigenvalue weighted by Gasteiger charge is -2.37. The van der Waals surface area contributed by atoms with Crippen LogP contribution in [0.1, 0.15) is 18.4 Å². The molecule has 0 spiro atoms. The summed E-state index contributed by atoms with van der Waals surface area (Å²) in [5.74, 6) is 0.292. The summed E-state index contributed by atoms with van der Waals surface area (Å²) in [4.78, 5) is 15.0. The molecule has 2 fully saturated rings. The van der Waals surface area contributed by atoms with Crippen LogP contribution in [0.2, 0.25) is 0 Å². The normalized spacial score (nSPS) is 26.7. The zero-order chi connectivity index (χ0) is 13.8. The number of nitrogens with zero attached hydrogens (tertiary/aromatic N) is 1. The Morgan fingerprint density at radius 3 is 2.55 bits per heavy atom. The van der Waals surface area contributed by atoms with Crippen LogP contribution in [0.3, 0.4) is 0 Å². The van der Waals surface area contributed by atoms with Gasteiger partial charge in [0.25, 0.3) is 0 Å². The lowest BCUT2D eigenvalue weighted by atomic mass is 9.87. The van der Waals surface area contributed by atoms with Gasteiger partial charge in [-0.1, -0.05) is 30.3 Å². The Kier molecular flexibility index (Phi) is 4.03. The molecular weight excluding hydrogens is 250 g/mol. The highest BCUT2D eigenvalue weighted by Gasteiger charge is 2.43. The van der Waals surface area contributed by atoms with Crippen molar-refractivity contribution in [1.29, 1.82) is 0 Å². The Labute approximate surface area is 120 Å². The SMILES string of the molecule is O=C(N1CCNCC1)C1(Cc2ccccc2)CCCN1. The lowest BCUT2D eigenvalue weighted by Crippen LogP contribution is -2.59. The van der Waals surface area contributed by atoms with Crippen LogP contribution in [0, 0.1) is 0 Å². The number of hydrogen-bond acceptors (Lipinski definition) is 3. The van der Waals surface area contributed by atoms with Gasteiger partial charge in [-0.15, -0.1) is 0 Å². The monoisotopic (exact) mass is 273 g/mol. The molecule has 0 aromatic heterocycles. The van der Waals surface area contributed by atoms with Gasteiger partial charge in [0.15, 0.2) is 0 Å². The highest BCUT2D eigenvalue weighted by molar-refractivity contribution is 5.87. The van der Waals surface area contributed by atoms with Crippen molar-refractivity contribution in [3.05, 3.63) is 35.9 Å². The van der Waals surface area contributed by atoms with Crippen LogP contribution < -0.4 is 10.6 Å². The van der Waals surface area contributed by atoms with Crippen molar-refractivity contribution >= 4 is 5.91 Å². The summed E-state index contributed by atoms with van der Waals surface area (Å²) in [6, 6.07) is 10.4. The molecule has 4 heteroatoms. The first-order valence-electron chi connectivity index (χ1n) is 7.59. The van der Waals surface area contributed by atoms with Gasteiger partial charge in [0.1, 0.15) is 5.54 Å². The zero-order valence-corrected chi connectivity index (χ0v) is 11.9. The highest BCUT2D eigenvalue weighted by atomic mass is 16.2. The molecule has 2 aliphatic heterocycles. The molecule has 108 valence electrons. The van der Waals surface area contributed by atoms with Crippen LogP contribution >= 0.6 is 0 Å². The van der Waals surface area contributed by atoms with E-state index in [0.717, 1.165) is 52.0 Å². The van der Waals surface area contributed by atoms with E-state index < -0.39 is 0 Å². The fourth-order valence-corrected chi connectivity index (χ4v) is 3.33. The zero-order valence-electron chi connectivity index (χ0n) is 11.9. The Bertz CT molecular complexity index is 448. The molecule has 0 saturated carbocycles. The van der Waals surface area contributed by atoms with Crippen molar-refractivity contribution in [1.82, 2.24) is 15.5 Å².